The lowest BCUT2D eigenvalue weighted by molar-refractivity contribution is -0.116. The van der Waals surface area contributed by atoms with Gasteiger partial charge in [0.25, 0.3) is 0 Å². The highest BCUT2D eigenvalue weighted by Crippen LogP contribution is 2.25. The molecule has 1 fully saturated rings. The highest BCUT2D eigenvalue weighted by atomic mass is 16.5. The molecule has 0 unspecified atom stereocenters. The van der Waals surface area contributed by atoms with Crippen LogP contribution >= 0.6 is 0 Å². The number of hydrogen-bond acceptors (Lipinski definition) is 3. The van der Waals surface area contributed by atoms with E-state index in [1.54, 1.807) is 11.9 Å². The fourth-order valence-corrected chi connectivity index (χ4v) is 2.97. The normalized spacial score (nSPS) is 14.4. The predicted molar refractivity (Wildman–Crippen MR) is 97.7 cm³/mol. The van der Waals surface area contributed by atoms with E-state index in [2.05, 4.69) is 5.32 Å². The molecule has 0 atom stereocenters. The molecule has 0 aromatic heterocycles. The van der Waals surface area contributed by atoms with E-state index in [9.17, 15) is 4.79 Å². The van der Waals surface area contributed by atoms with Crippen molar-refractivity contribution in [2.75, 3.05) is 23.8 Å². The number of nitrogens with one attached hydrogen (secondary N) is 1. The third-order valence-electron chi connectivity index (χ3n) is 4.40. The van der Waals surface area contributed by atoms with E-state index in [0.29, 0.717) is 6.10 Å². The molecule has 4 nitrogen and oxygen atoms in total. The maximum Gasteiger partial charge on any atom is 0.246 e. The number of likely N-dealkylation sites (N-methyl/N-ethyl adjacent to an activating group) is 1. The van der Waals surface area contributed by atoms with E-state index in [-0.39, 0.29) is 12.5 Å². The molecule has 0 aliphatic heterocycles. The lowest BCUT2D eigenvalue weighted by Gasteiger charge is -2.18. The van der Waals surface area contributed by atoms with Gasteiger partial charge in [0.15, 0.2) is 0 Å². The molecule has 24 heavy (non-hydrogen) atoms. The summed E-state index contributed by atoms with van der Waals surface area (Å²) in [7, 11) is 1.79. The Balaban J connectivity index is 1.55. The number of hydrogen-bond donors (Lipinski definition) is 1. The minimum Gasteiger partial charge on any atom is -0.490 e. The minimum absolute atomic E-state index is 0.0170. The number of para-hydroxylation sites is 1. The first-order valence-corrected chi connectivity index (χ1v) is 8.54. The van der Waals surface area contributed by atoms with Crippen LogP contribution in [-0.2, 0) is 4.79 Å². The first kappa shape index (κ1) is 16.4. The Morgan fingerprint density at radius 2 is 1.88 bits per heavy atom. The molecule has 126 valence electrons. The molecule has 0 heterocycles. The van der Waals surface area contributed by atoms with Gasteiger partial charge in [0.2, 0.25) is 5.91 Å². The molecule has 1 N–H and O–H groups in total. The summed E-state index contributed by atoms with van der Waals surface area (Å²) < 4.78 is 6.00. The monoisotopic (exact) mass is 324 g/mol. The largest absolute Gasteiger partial charge is 0.490 e. The van der Waals surface area contributed by atoms with Crippen molar-refractivity contribution >= 4 is 17.3 Å². The fourth-order valence-electron chi connectivity index (χ4n) is 2.97. The molecular formula is C20H24N2O2. The van der Waals surface area contributed by atoms with E-state index < -0.39 is 0 Å². The van der Waals surface area contributed by atoms with Crippen LogP contribution in [0.1, 0.15) is 25.7 Å². The Labute approximate surface area is 143 Å². The standard InChI is InChI=1S/C20H24N2O2/c1-22(17-9-3-2-4-10-17)20(23)15-21-16-8-7-13-19(14-16)24-18-11-5-6-12-18/h2-4,7-10,13-14,18,21H,5-6,11-12,15H2,1H3. The maximum absolute atomic E-state index is 12.3. The van der Waals surface area contributed by atoms with Gasteiger partial charge in [-0.05, 0) is 49.9 Å². The van der Waals surface area contributed by atoms with Gasteiger partial charge in [-0.15, -0.1) is 0 Å². The van der Waals surface area contributed by atoms with Crippen molar-refractivity contribution in [2.45, 2.75) is 31.8 Å². The molecule has 0 saturated heterocycles. The van der Waals surface area contributed by atoms with Gasteiger partial charge in [-0.1, -0.05) is 24.3 Å². The number of anilines is 2. The van der Waals surface area contributed by atoms with Crippen molar-refractivity contribution in [1.82, 2.24) is 0 Å². The molecule has 3 rings (SSSR count). The van der Waals surface area contributed by atoms with Crippen LogP contribution in [0.15, 0.2) is 54.6 Å². The maximum atomic E-state index is 12.3. The van der Waals surface area contributed by atoms with Crippen molar-refractivity contribution < 1.29 is 9.53 Å². The summed E-state index contributed by atoms with van der Waals surface area (Å²) in [6.07, 6.45) is 5.12. The molecule has 0 bridgehead atoms. The van der Waals surface area contributed by atoms with Crippen molar-refractivity contribution in [1.29, 1.82) is 0 Å². The van der Waals surface area contributed by atoms with Crippen LogP contribution in [0.5, 0.6) is 5.75 Å². The van der Waals surface area contributed by atoms with Gasteiger partial charge >= 0.3 is 0 Å². The van der Waals surface area contributed by atoms with Crippen LogP contribution in [0.25, 0.3) is 0 Å². The predicted octanol–water partition coefficient (Wildman–Crippen LogP) is 4.08. The number of benzene rings is 2. The second-order valence-electron chi connectivity index (χ2n) is 6.19. The van der Waals surface area contributed by atoms with E-state index in [0.717, 1.165) is 30.0 Å². The highest BCUT2D eigenvalue weighted by molar-refractivity contribution is 5.95. The van der Waals surface area contributed by atoms with Gasteiger partial charge in [0.05, 0.1) is 12.6 Å². The van der Waals surface area contributed by atoms with Gasteiger partial charge in [0, 0.05) is 24.5 Å². The quantitative estimate of drug-likeness (QED) is 0.870. The summed E-state index contributed by atoms with van der Waals surface area (Å²) >= 11 is 0. The van der Waals surface area contributed by atoms with Crippen molar-refractivity contribution in [3.63, 3.8) is 0 Å². The Morgan fingerprint density at radius 3 is 2.62 bits per heavy atom. The fraction of sp³-hybridized carbons (Fsp3) is 0.350. The number of ether oxygens (including phenoxy) is 1. The van der Waals surface area contributed by atoms with Crippen LogP contribution in [0.3, 0.4) is 0 Å². The Hall–Kier alpha value is -2.49. The van der Waals surface area contributed by atoms with Crippen molar-refractivity contribution in [3.05, 3.63) is 54.6 Å². The van der Waals surface area contributed by atoms with Crippen molar-refractivity contribution in [2.24, 2.45) is 0 Å². The first-order chi connectivity index (χ1) is 11.7. The number of rotatable bonds is 6. The lowest BCUT2D eigenvalue weighted by Crippen LogP contribution is -2.32. The molecule has 0 spiro atoms. The smallest absolute Gasteiger partial charge is 0.246 e. The molecule has 1 aliphatic rings. The van der Waals surface area contributed by atoms with Gasteiger partial charge in [0.1, 0.15) is 5.75 Å². The number of amides is 1. The molecule has 2 aromatic rings. The summed E-state index contributed by atoms with van der Waals surface area (Å²) in [5, 5.41) is 3.19. The molecular weight excluding hydrogens is 300 g/mol. The number of carbonyl (C=O) groups is 1. The zero-order chi connectivity index (χ0) is 16.8. The summed E-state index contributed by atoms with van der Waals surface area (Å²) in [6.45, 7) is 0.248. The number of nitrogens with zero attached hydrogens (tertiary/aromatic N) is 1. The highest BCUT2D eigenvalue weighted by Gasteiger charge is 2.16. The third kappa shape index (κ3) is 4.28. The summed E-state index contributed by atoms with van der Waals surface area (Å²) in [5.41, 5.74) is 1.79. The average molecular weight is 324 g/mol. The van der Waals surface area contributed by atoms with E-state index >= 15 is 0 Å². The van der Waals surface area contributed by atoms with Crippen LogP contribution < -0.4 is 15.0 Å². The van der Waals surface area contributed by atoms with E-state index in [1.807, 2.05) is 54.6 Å². The van der Waals surface area contributed by atoms with Crippen LogP contribution in [-0.4, -0.2) is 25.6 Å². The van der Waals surface area contributed by atoms with Crippen LogP contribution in [0.4, 0.5) is 11.4 Å². The molecule has 0 radical (unpaired) electrons. The topological polar surface area (TPSA) is 41.6 Å². The number of carbonyl (C=O) groups excluding carboxylic acids is 1. The third-order valence-corrected chi connectivity index (χ3v) is 4.40. The Bertz CT molecular complexity index is 666. The van der Waals surface area contributed by atoms with Gasteiger partial charge in [-0.2, -0.15) is 0 Å². The molecule has 2 aromatic carbocycles. The second-order valence-corrected chi connectivity index (χ2v) is 6.19. The lowest BCUT2D eigenvalue weighted by atomic mass is 10.2. The molecule has 1 aliphatic carbocycles. The summed E-state index contributed by atoms with van der Waals surface area (Å²) in [6, 6.07) is 17.5. The second kappa shape index (κ2) is 7.86. The van der Waals surface area contributed by atoms with Crippen LogP contribution in [0.2, 0.25) is 0 Å². The minimum atomic E-state index is 0.0170. The SMILES string of the molecule is CN(C(=O)CNc1cccc(OC2CCCC2)c1)c1ccccc1. The molecule has 1 amide bonds. The van der Waals surface area contributed by atoms with Gasteiger partial charge < -0.3 is 15.0 Å². The first-order valence-electron chi connectivity index (χ1n) is 8.54. The van der Waals surface area contributed by atoms with E-state index in [4.69, 9.17) is 4.74 Å². The zero-order valence-corrected chi connectivity index (χ0v) is 14.1. The van der Waals surface area contributed by atoms with Crippen LogP contribution in [0, 0.1) is 0 Å². The molecule has 4 heteroatoms. The Kier molecular flexibility index (Phi) is 5.36. The molecule has 1 saturated carbocycles. The average Bonchev–Trinajstić information content (AvgIpc) is 3.13. The summed E-state index contributed by atoms with van der Waals surface area (Å²) in [4.78, 5) is 14.0. The summed E-state index contributed by atoms with van der Waals surface area (Å²) in [5.74, 6) is 0.888. The zero-order valence-electron chi connectivity index (χ0n) is 14.1. The van der Waals surface area contributed by atoms with Crippen molar-refractivity contribution in [3.8, 4) is 5.75 Å². The van der Waals surface area contributed by atoms with Gasteiger partial charge in [-0.3, -0.25) is 4.79 Å². The van der Waals surface area contributed by atoms with Gasteiger partial charge in [-0.25, -0.2) is 0 Å². The Morgan fingerprint density at radius 1 is 1.12 bits per heavy atom. The van der Waals surface area contributed by atoms with E-state index in [1.165, 1.54) is 12.8 Å².